The maximum absolute atomic E-state index is 11.8. The zero-order valence-corrected chi connectivity index (χ0v) is 14.8. The highest BCUT2D eigenvalue weighted by molar-refractivity contribution is 6.84. The molecule has 0 saturated heterocycles. The van der Waals surface area contributed by atoms with Gasteiger partial charge < -0.3 is 4.74 Å². The van der Waals surface area contributed by atoms with Crippen molar-refractivity contribution in [1.82, 2.24) is 0 Å². The van der Waals surface area contributed by atoms with Gasteiger partial charge in [0.15, 0.2) is 0 Å². The van der Waals surface area contributed by atoms with E-state index in [1.54, 1.807) is 0 Å². The average Bonchev–Trinajstić information content (AvgIpc) is 2.77. The van der Waals surface area contributed by atoms with Crippen LogP contribution in [0.4, 0.5) is 0 Å². The number of esters is 1. The molecule has 1 rings (SSSR count). The summed E-state index contributed by atoms with van der Waals surface area (Å²) in [6.45, 7) is 14.5. The third kappa shape index (κ3) is 2.91. The van der Waals surface area contributed by atoms with E-state index in [9.17, 15) is 4.79 Å². The summed E-state index contributed by atoms with van der Waals surface area (Å²) >= 11 is 0. The standard InChI is InChI=1S/C16H32O2Si/c1-11(2)19(12(3)4,13(5)6)15-9-8-14(10-15)16(17)18-7/h11-15H,8-10H2,1-7H3/t14-,15-/m0/s1. The van der Waals surface area contributed by atoms with Crippen LogP contribution in [-0.2, 0) is 9.53 Å². The summed E-state index contributed by atoms with van der Waals surface area (Å²) < 4.78 is 4.95. The molecule has 0 N–H and O–H groups in total. The molecule has 19 heavy (non-hydrogen) atoms. The van der Waals surface area contributed by atoms with E-state index >= 15 is 0 Å². The van der Waals surface area contributed by atoms with Crippen LogP contribution in [0, 0.1) is 5.92 Å². The van der Waals surface area contributed by atoms with Crippen LogP contribution < -0.4 is 0 Å². The summed E-state index contributed by atoms with van der Waals surface area (Å²) in [5.74, 6) is 0.180. The summed E-state index contributed by atoms with van der Waals surface area (Å²) in [4.78, 5) is 11.8. The van der Waals surface area contributed by atoms with Gasteiger partial charge in [-0.25, -0.2) is 0 Å². The van der Waals surface area contributed by atoms with Crippen molar-refractivity contribution in [3.05, 3.63) is 0 Å². The predicted molar refractivity (Wildman–Crippen MR) is 84.2 cm³/mol. The van der Waals surface area contributed by atoms with Crippen molar-refractivity contribution < 1.29 is 9.53 Å². The normalized spacial score (nSPS) is 24.5. The molecule has 2 nitrogen and oxygen atoms in total. The maximum Gasteiger partial charge on any atom is 0.308 e. The number of hydrogen-bond donors (Lipinski definition) is 0. The van der Waals surface area contributed by atoms with Gasteiger partial charge in [0.1, 0.15) is 0 Å². The van der Waals surface area contributed by atoms with Crippen LogP contribution in [0.1, 0.15) is 60.8 Å². The molecule has 0 spiro atoms. The molecule has 0 aliphatic heterocycles. The number of methoxy groups -OCH3 is 1. The van der Waals surface area contributed by atoms with Crippen molar-refractivity contribution in [2.75, 3.05) is 7.11 Å². The Balaban J connectivity index is 2.99. The Kier molecular flexibility index (Phi) is 5.66. The lowest BCUT2D eigenvalue weighted by molar-refractivity contribution is -0.145. The molecule has 0 radical (unpaired) electrons. The molecule has 0 heterocycles. The molecule has 1 aliphatic rings. The zero-order chi connectivity index (χ0) is 14.8. The van der Waals surface area contributed by atoms with E-state index in [4.69, 9.17) is 4.74 Å². The molecular formula is C16H32O2Si. The fourth-order valence-electron chi connectivity index (χ4n) is 5.23. The smallest absolute Gasteiger partial charge is 0.308 e. The van der Waals surface area contributed by atoms with E-state index in [0.29, 0.717) is 0 Å². The Hall–Kier alpha value is -0.313. The highest BCUT2D eigenvalue weighted by atomic mass is 28.3. The summed E-state index contributed by atoms with van der Waals surface area (Å²) in [7, 11) is 0.119. The Morgan fingerprint density at radius 2 is 1.47 bits per heavy atom. The van der Waals surface area contributed by atoms with Crippen LogP contribution in [0.3, 0.4) is 0 Å². The fraction of sp³-hybridized carbons (Fsp3) is 0.938. The lowest BCUT2D eigenvalue weighted by Crippen LogP contribution is -2.48. The average molecular weight is 285 g/mol. The van der Waals surface area contributed by atoms with Crippen molar-refractivity contribution in [3.8, 4) is 0 Å². The first-order valence-corrected chi connectivity index (χ1v) is 10.2. The quantitative estimate of drug-likeness (QED) is 0.524. The molecule has 0 bridgehead atoms. The van der Waals surface area contributed by atoms with Crippen molar-refractivity contribution in [3.63, 3.8) is 0 Å². The second kappa shape index (κ2) is 6.42. The minimum Gasteiger partial charge on any atom is -0.469 e. The molecule has 112 valence electrons. The van der Waals surface area contributed by atoms with Crippen LogP contribution in [-0.4, -0.2) is 21.2 Å². The van der Waals surface area contributed by atoms with Crippen LogP contribution in [0.2, 0.25) is 22.2 Å². The van der Waals surface area contributed by atoms with Crippen molar-refractivity contribution in [2.45, 2.75) is 83.0 Å². The van der Waals surface area contributed by atoms with Crippen LogP contribution in [0.25, 0.3) is 0 Å². The Bertz CT molecular complexity index is 288. The second-order valence-electron chi connectivity index (χ2n) is 7.19. The minimum atomic E-state index is -1.40. The molecule has 0 amide bonds. The second-order valence-corrected chi connectivity index (χ2v) is 13.5. The van der Waals surface area contributed by atoms with Crippen molar-refractivity contribution in [2.24, 2.45) is 5.92 Å². The number of carbonyl (C=O) groups excluding carboxylic acids is 1. The molecule has 2 atom stereocenters. The third-order valence-electron chi connectivity index (χ3n) is 5.67. The molecule has 1 saturated carbocycles. The topological polar surface area (TPSA) is 26.3 Å². The third-order valence-corrected chi connectivity index (χ3v) is 13.6. The highest BCUT2D eigenvalue weighted by Gasteiger charge is 2.51. The number of hydrogen-bond acceptors (Lipinski definition) is 2. The minimum absolute atomic E-state index is 0.0154. The van der Waals surface area contributed by atoms with E-state index in [1.165, 1.54) is 13.5 Å². The van der Waals surface area contributed by atoms with Crippen LogP contribution in [0.5, 0.6) is 0 Å². The van der Waals surface area contributed by atoms with Gasteiger partial charge in [-0.15, -0.1) is 0 Å². The van der Waals surface area contributed by atoms with E-state index in [1.807, 2.05) is 0 Å². The molecule has 0 aromatic rings. The largest absolute Gasteiger partial charge is 0.469 e. The summed E-state index contributed by atoms with van der Waals surface area (Å²) in [5.41, 5.74) is 3.15. The fourth-order valence-corrected chi connectivity index (χ4v) is 13.4. The molecule has 1 aliphatic carbocycles. The Morgan fingerprint density at radius 1 is 1.00 bits per heavy atom. The first-order valence-electron chi connectivity index (χ1n) is 7.86. The van der Waals surface area contributed by atoms with Gasteiger partial charge in [-0.2, -0.15) is 0 Å². The Labute approximate surface area is 120 Å². The van der Waals surface area contributed by atoms with E-state index in [-0.39, 0.29) is 11.9 Å². The molecule has 0 unspecified atom stereocenters. The SMILES string of the molecule is COC(=O)[C@H]1CC[C@H]([Si](C(C)C)(C(C)C)C(C)C)C1. The van der Waals surface area contributed by atoms with E-state index in [2.05, 4.69) is 41.5 Å². The lowest BCUT2D eigenvalue weighted by Gasteiger charge is -2.48. The molecule has 1 fully saturated rings. The van der Waals surface area contributed by atoms with Gasteiger partial charge in [-0.05, 0) is 18.4 Å². The monoisotopic (exact) mass is 284 g/mol. The van der Waals surface area contributed by atoms with Crippen molar-refractivity contribution in [1.29, 1.82) is 0 Å². The van der Waals surface area contributed by atoms with Gasteiger partial charge in [0.05, 0.1) is 21.1 Å². The van der Waals surface area contributed by atoms with Crippen LogP contribution in [0.15, 0.2) is 0 Å². The van der Waals surface area contributed by atoms with E-state index < -0.39 is 8.07 Å². The summed E-state index contributed by atoms with van der Waals surface area (Å²) in [5, 5.41) is 0. The number of carbonyl (C=O) groups is 1. The number of ether oxygens (including phenoxy) is 1. The van der Waals surface area contributed by atoms with Crippen molar-refractivity contribution >= 4 is 14.0 Å². The van der Waals surface area contributed by atoms with Crippen LogP contribution >= 0.6 is 0 Å². The molecule has 0 aromatic carbocycles. The molecular weight excluding hydrogens is 252 g/mol. The molecule has 3 heteroatoms. The van der Waals surface area contributed by atoms with Gasteiger partial charge in [0.2, 0.25) is 0 Å². The van der Waals surface area contributed by atoms with E-state index in [0.717, 1.165) is 35.0 Å². The predicted octanol–water partition coefficient (Wildman–Crippen LogP) is 5.01. The summed E-state index contributed by atoms with van der Waals surface area (Å²) in [6.07, 6.45) is 3.35. The first kappa shape index (κ1) is 16.7. The van der Waals surface area contributed by atoms with Gasteiger partial charge >= 0.3 is 5.97 Å². The highest BCUT2D eigenvalue weighted by Crippen LogP contribution is 2.56. The van der Waals surface area contributed by atoms with Gasteiger partial charge in [-0.1, -0.05) is 64.6 Å². The Morgan fingerprint density at radius 3 is 1.84 bits per heavy atom. The molecule has 0 aromatic heterocycles. The maximum atomic E-state index is 11.8. The lowest BCUT2D eigenvalue weighted by atomic mass is 10.1. The zero-order valence-electron chi connectivity index (χ0n) is 13.8. The van der Waals surface area contributed by atoms with Gasteiger partial charge in [-0.3, -0.25) is 4.79 Å². The first-order chi connectivity index (χ1) is 8.78. The summed E-state index contributed by atoms with van der Waals surface area (Å²) in [6, 6.07) is 0. The van der Waals surface area contributed by atoms with Gasteiger partial charge in [0, 0.05) is 0 Å². The number of rotatable bonds is 5. The van der Waals surface area contributed by atoms with Gasteiger partial charge in [0.25, 0.3) is 0 Å².